The summed E-state index contributed by atoms with van der Waals surface area (Å²) in [7, 11) is 0. The average Bonchev–Trinajstić information content (AvgIpc) is 2.65. The summed E-state index contributed by atoms with van der Waals surface area (Å²) in [5.41, 5.74) is -0.216. The average molecular weight is 254 g/mol. The Labute approximate surface area is 110 Å². The minimum Gasteiger partial charge on any atom is -0.481 e. The Kier molecular flexibility index (Phi) is 4.00. The number of rotatable bonds is 2. The van der Waals surface area contributed by atoms with E-state index < -0.39 is 18.0 Å². The molecule has 2 N–H and O–H groups in total. The molecule has 18 heavy (non-hydrogen) atoms. The maximum atomic E-state index is 11.6. The molecule has 0 aromatic rings. The molecule has 3 heteroatoms. The van der Waals surface area contributed by atoms with Gasteiger partial charge in [0.05, 0.1) is 12.0 Å². The van der Waals surface area contributed by atoms with Crippen molar-refractivity contribution in [3.05, 3.63) is 0 Å². The molecular formula is C15H26O3. The van der Waals surface area contributed by atoms with Crippen LogP contribution in [0.3, 0.4) is 0 Å². The van der Waals surface area contributed by atoms with E-state index in [1.165, 1.54) is 6.42 Å². The van der Waals surface area contributed by atoms with Crippen molar-refractivity contribution in [3.8, 4) is 0 Å². The number of carboxylic acids is 1. The molecule has 0 spiro atoms. The lowest BCUT2D eigenvalue weighted by molar-refractivity contribution is -0.155. The fourth-order valence-electron chi connectivity index (χ4n) is 4.33. The molecule has 0 heterocycles. The van der Waals surface area contributed by atoms with Crippen LogP contribution in [0.15, 0.2) is 0 Å². The smallest absolute Gasteiger partial charge is 0.309 e. The summed E-state index contributed by atoms with van der Waals surface area (Å²) >= 11 is 0. The molecule has 4 unspecified atom stereocenters. The lowest BCUT2D eigenvalue weighted by Crippen LogP contribution is -2.44. The first-order valence-electron chi connectivity index (χ1n) is 7.36. The third-order valence-electron chi connectivity index (χ3n) is 5.45. The van der Waals surface area contributed by atoms with Crippen molar-refractivity contribution in [2.24, 2.45) is 23.2 Å². The Morgan fingerprint density at radius 1 is 1.22 bits per heavy atom. The minimum atomic E-state index is -0.800. The van der Waals surface area contributed by atoms with Gasteiger partial charge in [0.25, 0.3) is 0 Å². The van der Waals surface area contributed by atoms with E-state index in [4.69, 9.17) is 0 Å². The van der Waals surface area contributed by atoms with E-state index in [0.717, 1.165) is 32.1 Å². The van der Waals surface area contributed by atoms with E-state index in [-0.39, 0.29) is 5.41 Å². The molecule has 2 saturated carbocycles. The maximum absolute atomic E-state index is 11.6. The zero-order valence-electron chi connectivity index (χ0n) is 11.6. The lowest BCUT2D eigenvalue weighted by Gasteiger charge is -2.41. The number of aliphatic hydroxyl groups is 1. The predicted molar refractivity (Wildman–Crippen MR) is 70.2 cm³/mol. The topological polar surface area (TPSA) is 57.5 Å². The number of hydrogen-bond acceptors (Lipinski definition) is 2. The van der Waals surface area contributed by atoms with E-state index in [1.807, 2.05) is 0 Å². The minimum absolute atomic E-state index is 0.216. The van der Waals surface area contributed by atoms with E-state index in [0.29, 0.717) is 18.3 Å². The number of carboxylic acid groups (broad SMARTS) is 1. The van der Waals surface area contributed by atoms with Crippen LogP contribution in [-0.2, 0) is 4.79 Å². The Morgan fingerprint density at radius 2 is 1.94 bits per heavy atom. The molecule has 2 aliphatic rings. The molecule has 2 aliphatic carbocycles. The van der Waals surface area contributed by atoms with Crippen molar-refractivity contribution in [2.75, 3.05) is 0 Å². The number of hydrogen-bond donors (Lipinski definition) is 2. The Balaban J connectivity index is 2.26. The third kappa shape index (κ3) is 2.42. The predicted octanol–water partition coefficient (Wildman–Crippen LogP) is 3.06. The van der Waals surface area contributed by atoms with E-state index in [9.17, 15) is 15.0 Å². The molecule has 0 aliphatic heterocycles. The molecule has 0 saturated heterocycles. The van der Waals surface area contributed by atoms with Crippen LogP contribution in [0.5, 0.6) is 0 Å². The van der Waals surface area contributed by atoms with Gasteiger partial charge < -0.3 is 10.2 Å². The van der Waals surface area contributed by atoms with Crippen LogP contribution < -0.4 is 0 Å². The van der Waals surface area contributed by atoms with Gasteiger partial charge >= 0.3 is 5.97 Å². The second-order valence-corrected chi connectivity index (χ2v) is 6.75. The van der Waals surface area contributed by atoms with E-state index >= 15 is 0 Å². The maximum Gasteiger partial charge on any atom is 0.309 e. The lowest BCUT2D eigenvalue weighted by atomic mass is 9.63. The quantitative estimate of drug-likeness (QED) is 0.745. The molecular weight excluding hydrogens is 228 g/mol. The van der Waals surface area contributed by atoms with Gasteiger partial charge in [-0.2, -0.15) is 0 Å². The normalized spacial score (nSPS) is 45.7. The second kappa shape index (κ2) is 5.20. The van der Waals surface area contributed by atoms with Crippen molar-refractivity contribution in [1.82, 2.24) is 0 Å². The van der Waals surface area contributed by atoms with Crippen molar-refractivity contribution >= 4 is 5.97 Å². The van der Waals surface area contributed by atoms with Crippen molar-refractivity contribution in [2.45, 2.75) is 64.9 Å². The molecule has 0 amide bonds. The van der Waals surface area contributed by atoms with Crippen molar-refractivity contribution in [3.63, 3.8) is 0 Å². The van der Waals surface area contributed by atoms with Crippen LogP contribution >= 0.6 is 0 Å². The van der Waals surface area contributed by atoms with E-state index in [1.54, 1.807) is 0 Å². The molecule has 3 nitrogen and oxygen atoms in total. The van der Waals surface area contributed by atoms with Crippen LogP contribution in [0.2, 0.25) is 0 Å². The fourth-order valence-corrected chi connectivity index (χ4v) is 4.33. The number of aliphatic hydroxyl groups excluding tert-OH is 1. The summed E-state index contributed by atoms with van der Waals surface area (Å²) in [6.45, 7) is 4.37. The highest BCUT2D eigenvalue weighted by atomic mass is 16.4. The monoisotopic (exact) mass is 254 g/mol. The van der Waals surface area contributed by atoms with Crippen LogP contribution in [-0.4, -0.2) is 22.3 Å². The Morgan fingerprint density at radius 3 is 2.50 bits per heavy atom. The Bertz CT molecular complexity index is 315. The van der Waals surface area contributed by atoms with Crippen molar-refractivity contribution in [1.29, 1.82) is 0 Å². The fraction of sp³-hybridized carbons (Fsp3) is 0.933. The first-order chi connectivity index (χ1) is 8.45. The molecule has 2 rings (SSSR count). The standard InChI is InChI=1S/C15H26O3/c1-10-6-7-11(9-10)15(2)8-4-3-5-12(16)13(15)14(17)18/h10-13,16H,3-9H2,1-2H3,(H,17,18)/t10?,11-,12?,13?,15?/m1/s1. The molecule has 5 atom stereocenters. The van der Waals surface area contributed by atoms with Gasteiger partial charge in [-0.15, -0.1) is 0 Å². The van der Waals surface area contributed by atoms with Gasteiger partial charge in [0, 0.05) is 0 Å². The summed E-state index contributed by atoms with van der Waals surface area (Å²) in [5.74, 6) is -0.190. The van der Waals surface area contributed by atoms with Gasteiger partial charge in [-0.25, -0.2) is 0 Å². The largest absolute Gasteiger partial charge is 0.481 e. The third-order valence-corrected chi connectivity index (χ3v) is 5.45. The molecule has 0 radical (unpaired) electrons. The highest BCUT2D eigenvalue weighted by Gasteiger charge is 2.50. The summed E-state index contributed by atoms with van der Waals surface area (Å²) in [6, 6.07) is 0. The molecule has 2 fully saturated rings. The van der Waals surface area contributed by atoms with Crippen LogP contribution in [0.4, 0.5) is 0 Å². The summed E-state index contributed by atoms with van der Waals surface area (Å²) in [4.78, 5) is 11.6. The first kappa shape index (κ1) is 13.9. The summed E-state index contributed by atoms with van der Waals surface area (Å²) in [6.07, 6.45) is 6.44. The highest BCUT2D eigenvalue weighted by Crippen LogP contribution is 2.52. The zero-order valence-corrected chi connectivity index (χ0v) is 11.6. The first-order valence-corrected chi connectivity index (χ1v) is 7.36. The van der Waals surface area contributed by atoms with Crippen LogP contribution in [0, 0.1) is 23.2 Å². The zero-order chi connectivity index (χ0) is 13.3. The molecule has 104 valence electrons. The highest BCUT2D eigenvalue weighted by molar-refractivity contribution is 5.72. The molecule has 0 aromatic carbocycles. The SMILES string of the molecule is CC1CC[C@@H](C2(C)CCCCC(O)C2C(=O)O)C1. The van der Waals surface area contributed by atoms with Gasteiger partial charge in [-0.05, 0) is 42.9 Å². The summed E-state index contributed by atoms with van der Waals surface area (Å²) < 4.78 is 0. The number of aliphatic carboxylic acids is 1. The van der Waals surface area contributed by atoms with Gasteiger partial charge in [0.15, 0.2) is 0 Å². The summed E-state index contributed by atoms with van der Waals surface area (Å²) in [5, 5.41) is 19.7. The van der Waals surface area contributed by atoms with Crippen LogP contribution in [0.25, 0.3) is 0 Å². The molecule has 0 bridgehead atoms. The van der Waals surface area contributed by atoms with E-state index in [2.05, 4.69) is 13.8 Å². The van der Waals surface area contributed by atoms with Gasteiger partial charge in [-0.1, -0.05) is 33.1 Å². The second-order valence-electron chi connectivity index (χ2n) is 6.75. The van der Waals surface area contributed by atoms with Crippen LogP contribution in [0.1, 0.15) is 58.8 Å². The van der Waals surface area contributed by atoms with Gasteiger partial charge in [0.1, 0.15) is 0 Å². The van der Waals surface area contributed by atoms with Crippen molar-refractivity contribution < 1.29 is 15.0 Å². The Hall–Kier alpha value is -0.570. The van der Waals surface area contributed by atoms with Gasteiger partial charge in [0.2, 0.25) is 0 Å². The number of carbonyl (C=O) groups is 1. The molecule has 0 aromatic heterocycles. The van der Waals surface area contributed by atoms with Gasteiger partial charge in [-0.3, -0.25) is 4.79 Å².